The second-order valence-electron chi connectivity index (χ2n) is 5.57. The van der Waals surface area contributed by atoms with Crippen LogP contribution in [0.5, 0.6) is 0 Å². The fraction of sp³-hybridized carbons (Fsp3) is 0.565. The quantitative estimate of drug-likeness (QED) is 0.479. The predicted octanol–water partition coefficient (Wildman–Crippen LogP) is 7.22. The third-order valence-electron chi connectivity index (χ3n) is 3.20. The first kappa shape index (κ1) is 32.3. The summed E-state index contributed by atoms with van der Waals surface area (Å²) in [7, 11) is -2.60. The van der Waals surface area contributed by atoms with Gasteiger partial charge in [-0.25, -0.2) is 8.42 Å². The van der Waals surface area contributed by atoms with Crippen LogP contribution in [0.4, 0.5) is 0 Å². The van der Waals surface area contributed by atoms with E-state index in [1.807, 2.05) is 34.6 Å². The standard InChI is InChI=1S/C10H14.C5H10O2S.2C2H6.2C2H4/c1-8(2)10-6-4-9(3)5-7-10;1-5-2-3-8(6,7)4-5;4*1-2/h4-8H,1-3H3;5H,2-4H2,1H3;2*1-2H3;2*1-2H2. The van der Waals surface area contributed by atoms with Gasteiger partial charge in [0.25, 0.3) is 0 Å². The van der Waals surface area contributed by atoms with Gasteiger partial charge in [0.15, 0.2) is 9.84 Å². The number of hydrogen-bond donors (Lipinski definition) is 0. The molecule has 0 aliphatic carbocycles. The minimum absolute atomic E-state index is 0.403. The average molecular weight is 385 g/mol. The fourth-order valence-electron chi connectivity index (χ4n) is 1.93. The van der Waals surface area contributed by atoms with Gasteiger partial charge in [0.1, 0.15) is 0 Å². The molecule has 0 radical (unpaired) electrons. The van der Waals surface area contributed by atoms with E-state index in [9.17, 15) is 8.42 Å². The lowest BCUT2D eigenvalue weighted by Gasteiger charge is -2.03. The molecule has 0 amide bonds. The maximum Gasteiger partial charge on any atom is 0.150 e. The summed E-state index contributed by atoms with van der Waals surface area (Å²) in [6.07, 6.45) is 0.863. The molecule has 0 bridgehead atoms. The Morgan fingerprint density at radius 1 is 0.923 bits per heavy atom. The lowest BCUT2D eigenvalue weighted by molar-refractivity contribution is 0.599. The van der Waals surface area contributed by atoms with Crippen LogP contribution >= 0.6 is 0 Å². The minimum Gasteiger partial charge on any atom is -0.229 e. The summed E-state index contributed by atoms with van der Waals surface area (Å²) in [4.78, 5) is 0. The Labute approximate surface area is 165 Å². The van der Waals surface area contributed by atoms with E-state index >= 15 is 0 Å². The molecular weight excluding hydrogens is 340 g/mol. The molecule has 0 aromatic heterocycles. The lowest BCUT2D eigenvalue weighted by Crippen LogP contribution is -2.01. The SMILES string of the molecule is C=C.C=C.CC.CC.CC1CCS(=O)(=O)C1.Cc1ccc(C(C)C)cc1. The van der Waals surface area contributed by atoms with E-state index in [-0.39, 0.29) is 0 Å². The van der Waals surface area contributed by atoms with Crippen LogP contribution in [-0.4, -0.2) is 19.9 Å². The molecule has 1 atom stereocenters. The Kier molecular flexibility index (Phi) is 27.0. The van der Waals surface area contributed by atoms with E-state index in [0.29, 0.717) is 23.3 Å². The van der Waals surface area contributed by atoms with Gasteiger partial charge in [0.05, 0.1) is 11.5 Å². The Balaban J connectivity index is -0.000000136. The molecule has 3 heteroatoms. The maximum absolute atomic E-state index is 10.6. The molecule has 1 heterocycles. The van der Waals surface area contributed by atoms with E-state index in [1.165, 1.54) is 11.1 Å². The van der Waals surface area contributed by atoms with Crippen LogP contribution in [-0.2, 0) is 9.84 Å². The topological polar surface area (TPSA) is 34.1 Å². The molecule has 1 unspecified atom stereocenters. The monoisotopic (exact) mass is 384 g/mol. The van der Waals surface area contributed by atoms with Gasteiger partial charge < -0.3 is 0 Å². The van der Waals surface area contributed by atoms with Gasteiger partial charge in [-0.05, 0) is 30.7 Å². The number of hydrogen-bond acceptors (Lipinski definition) is 2. The highest BCUT2D eigenvalue weighted by Crippen LogP contribution is 2.16. The number of rotatable bonds is 1. The highest BCUT2D eigenvalue weighted by molar-refractivity contribution is 7.91. The molecule has 0 spiro atoms. The van der Waals surface area contributed by atoms with Crippen molar-refractivity contribution >= 4 is 9.84 Å². The first-order valence-corrected chi connectivity index (χ1v) is 11.4. The lowest BCUT2D eigenvalue weighted by atomic mass is 10.0. The summed E-state index contributed by atoms with van der Waals surface area (Å²) in [6.45, 7) is 28.5. The Bertz CT molecular complexity index is 485. The van der Waals surface area contributed by atoms with Crippen LogP contribution in [0.25, 0.3) is 0 Å². The van der Waals surface area contributed by atoms with E-state index in [1.54, 1.807) is 0 Å². The van der Waals surface area contributed by atoms with Gasteiger partial charge in [0, 0.05) is 0 Å². The van der Waals surface area contributed by atoms with Crippen molar-refractivity contribution in [2.45, 2.75) is 67.7 Å². The van der Waals surface area contributed by atoms with Crippen LogP contribution < -0.4 is 0 Å². The van der Waals surface area contributed by atoms with Gasteiger partial charge in [-0.1, -0.05) is 78.3 Å². The molecule has 26 heavy (non-hydrogen) atoms. The molecule has 1 aliphatic heterocycles. The van der Waals surface area contributed by atoms with Crippen molar-refractivity contribution in [3.8, 4) is 0 Å². The number of sulfone groups is 1. The zero-order valence-electron chi connectivity index (χ0n) is 18.6. The molecule has 0 saturated carbocycles. The van der Waals surface area contributed by atoms with E-state index < -0.39 is 9.84 Å². The van der Waals surface area contributed by atoms with Crippen LogP contribution in [0, 0.1) is 12.8 Å². The van der Waals surface area contributed by atoms with E-state index in [2.05, 4.69) is 71.4 Å². The molecule has 154 valence electrons. The summed E-state index contributed by atoms with van der Waals surface area (Å²) in [5, 5.41) is 0. The third-order valence-corrected chi connectivity index (χ3v) is 5.14. The Morgan fingerprint density at radius 3 is 1.50 bits per heavy atom. The van der Waals surface area contributed by atoms with Crippen LogP contribution in [0.2, 0.25) is 0 Å². The highest BCUT2D eigenvalue weighted by Gasteiger charge is 2.23. The minimum atomic E-state index is -2.60. The Hall–Kier alpha value is -1.35. The van der Waals surface area contributed by atoms with Crippen LogP contribution in [0.15, 0.2) is 50.6 Å². The Morgan fingerprint density at radius 2 is 1.31 bits per heavy atom. The van der Waals surface area contributed by atoms with Crippen molar-refractivity contribution in [3.05, 3.63) is 61.7 Å². The molecule has 1 aromatic carbocycles. The molecule has 1 aromatic rings. The summed E-state index contributed by atoms with van der Waals surface area (Å²) in [5.74, 6) is 1.88. The average Bonchev–Trinajstić information content (AvgIpc) is 2.99. The molecule has 0 N–H and O–H groups in total. The molecular formula is C23H44O2S. The van der Waals surface area contributed by atoms with Gasteiger partial charge in [0.2, 0.25) is 0 Å². The highest BCUT2D eigenvalue weighted by atomic mass is 32.2. The number of benzene rings is 1. The first-order valence-electron chi connectivity index (χ1n) is 9.57. The summed E-state index contributed by atoms with van der Waals surface area (Å²) >= 11 is 0. The van der Waals surface area contributed by atoms with Crippen molar-refractivity contribution in [2.24, 2.45) is 5.92 Å². The van der Waals surface area contributed by atoms with Gasteiger partial charge in [-0.2, -0.15) is 0 Å². The summed E-state index contributed by atoms with van der Waals surface area (Å²) in [5.41, 5.74) is 2.76. The molecule has 2 nitrogen and oxygen atoms in total. The molecule has 1 fully saturated rings. The summed E-state index contributed by atoms with van der Waals surface area (Å²) < 4.78 is 21.3. The van der Waals surface area contributed by atoms with Crippen molar-refractivity contribution in [2.75, 3.05) is 11.5 Å². The van der Waals surface area contributed by atoms with Crippen LogP contribution in [0.1, 0.15) is 71.9 Å². The zero-order valence-corrected chi connectivity index (χ0v) is 19.5. The zero-order chi connectivity index (χ0) is 21.8. The van der Waals surface area contributed by atoms with Crippen molar-refractivity contribution in [3.63, 3.8) is 0 Å². The smallest absolute Gasteiger partial charge is 0.150 e. The fourth-order valence-corrected chi connectivity index (χ4v) is 3.89. The maximum atomic E-state index is 10.6. The van der Waals surface area contributed by atoms with Crippen molar-refractivity contribution < 1.29 is 8.42 Å². The normalized spacial score (nSPS) is 15.7. The largest absolute Gasteiger partial charge is 0.229 e. The second kappa shape index (κ2) is 21.7. The molecule has 1 saturated heterocycles. The third kappa shape index (κ3) is 19.0. The van der Waals surface area contributed by atoms with Crippen LogP contribution in [0.3, 0.4) is 0 Å². The van der Waals surface area contributed by atoms with Gasteiger partial charge in [-0.15, -0.1) is 26.3 Å². The van der Waals surface area contributed by atoms with Crippen molar-refractivity contribution in [1.82, 2.24) is 0 Å². The number of aryl methyl sites for hydroxylation is 1. The second-order valence-corrected chi connectivity index (χ2v) is 7.80. The molecule has 1 aliphatic rings. The van der Waals surface area contributed by atoms with E-state index in [0.717, 1.165) is 6.42 Å². The van der Waals surface area contributed by atoms with Gasteiger partial charge >= 0.3 is 0 Å². The first-order chi connectivity index (χ1) is 12.3. The predicted molar refractivity (Wildman–Crippen MR) is 123 cm³/mol. The van der Waals surface area contributed by atoms with Crippen molar-refractivity contribution in [1.29, 1.82) is 0 Å². The summed E-state index contributed by atoms with van der Waals surface area (Å²) in [6, 6.07) is 8.71. The van der Waals surface area contributed by atoms with E-state index in [4.69, 9.17) is 0 Å². The molecule has 2 rings (SSSR count). The van der Waals surface area contributed by atoms with Gasteiger partial charge in [-0.3, -0.25) is 0 Å².